The zero-order valence-corrected chi connectivity index (χ0v) is 17.3. The van der Waals surface area contributed by atoms with Crippen LogP contribution in [0.4, 0.5) is 0 Å². The predicted molar refractivity (Wildman–Crippen MR) is 102 cm³/mol. The molecular formula is C20H38O3Si. The quantitative estimate of drug-likeness (QED) is 0.453. The molecule has 3 unspecified atom stereocenters. The van der Waals surface area contributed by atoms with Gasteiger partial charge in [-0.15, -0.1) is 0 Å². The molecule has 2 fully saturated rings. The molecule has 0 spiro atoms. The van der Waals surface area contributed by atoms with Crippen LogP contribution in [0.25, 0.3) is 0 Å². The van der Waals surface area contributed by atoms with Gasteiger partial charge in [0.05, 0.1) is 0 Å². The third-order valence-corrected chi connectivity index (χ3v) is 10.6. The van der Waals surface area contributed by atoms with Gasteiger partial charge in [-0.1, -0.05) is 31.9 Å². The van der Waals surface area contributed by atoms with Gasteiger partial charge in [-0.3, -0.25) is 0 Å². The molecular weight excluding hydrogens is 316 g/mol. The summed E-state index contributed by atoms with van der Waals surface area (Å²) in [7, 11) is -2.21. The van der Waals surface area contributed by atoms with E-state index in [-0.39, 0.29) is 5.22 Å². The van der Waals surface area contributed by atoms with Crippen LogP contribution < -0.4 is 0 Å². The number of allylic oxidation sites excluding steroid dienone is 2. The summed E-state index contributed by atoms with van der Waals surface area (Å²) in [4.78, 5) is 0. The van der Waals surface area contributed by atoms with Crippen LogP contribution in [0.2, 0.25) is 6.04 Å². The maximum Gasteiger partial charge on any atom is 0.371 e. The number of fused-ring (bicyclic) bond motifs is 2. The molecule has 140 valence electrons. The monoisotopic (exact) mass is 354 g/mol. The van der Waals surface area contributed by atoms with Crippen LogP contribution in [0.5, 0.6) is 0 Å². The SMILES string of the molecule is C1=CC2CCC1C2.CCOC1(CC)CCCC[Si]1(OCC)OCC. The summed E-state index contributed by atoms with van der Waals surface area (Å²) in [6.45, 7) is 10.6. The first-order valence-corrected chi connectivity index (χ1v) is 12.3. The van der Waals surface area contributed by atoms with Crippen LogP contribution in [0.3, 0.4) is 0 Å². The smallest absolute Gasteiger partial charge is 0.371 e. The lowest BCUT2D eigenvalue weighted by Crippen LogP contribution is -2.65. The van der Waals surface area contributed by atoms with Crippen LogP contribution in [-0.2, 0) is 13.6 Å². The third-order valence-electron chi connectivity index (χ3n) is 5.95. The molecule has 3 rings (SSSR count). The van der Waals surface area contributed by atoms with Gasteiger partial charge >= 0.3 is 8.56 Å². The highest BCUT2D eigenvalue weighted by Crippen LogP contribution is 2.43. The molecule has 2 aliphatic carbocycles. The minimum Gasteiger partial charge on any atom is -0.393 e. The topological polar surface area (TPSA) is 27.7 Å². The summed E-state index contributed by atoms with van der Waals surface area (Å²) in [6, 6.07) is 1.09. The molecule has 4 heteroatoms. The molecule has 1 aliphatic heterocycles. The molecule has 3 nitrogen and oxygen atoms in total. The molecule has 2 bridgehead atoms. The van der Waals surface area contributed by atoms with E-state index in [0.29, 0.717) is 0 Å². The molecule has 0 aromatic rings. The lowest BCUT2D eigenvalue weighted by molar-refractivity contribution is -0.0426. The van der Waals surface area contributed by atoms with Crippen molar-refractivity contribution in [3.8, 4) is 0 Å². The van der Waals surface area contributed by atoms with E-state index in [1.807, 2.05) is 0 Å². The van der Waals surface area contributed by atoms with Crippen molar-refractivity contribution >= 4 is 8.56 Å². The van der Waals surface area contributed by atoms with Gasteiger partial charge in [0.1, 0.15) is 5.22 Å². The normalized spacial score (nSPS) is 33.3. The van der Waals surface area contributed by atoms with Crippen LogP contribution in [0, 0.1) is 11.8 Å². The number of hydrogen-bond acceptors (Lipinski definition) is 3. The van der Waals surface area contributed by atoms with Gasteiger partial charge in [-0.2, -0.15) is 0 Å². The van der Waals surface area contributed by atoms with Gasteiger partial charge < -0.3 is 13.6 Å². The highest BCUT2D eigenvalue weighted by molar-refractivity contribution is 6.70. The second kappa shape index (κ2) is 9.51. The summed E-state index contributed by atoms with van der Waals surface area (Å²) in [6.07, 6.45) is 13.8. The van der Waals surface area contributed by atoms with Gasteiger partial charge in [0.15, 0.2) is 0 Å². The second-order valence-electron chi connectivity index (χ2n) is 7.33. The molecule has 3 atom stereocenters. The zero-order valence-electron chi connectivity index (χ0n) is 16.3. The molecule has 0 aromatic carbocycles. The Kier molecular flexibility index (Phi) is 7.99. The van der Waals surface area contributed by atoms with Gasteiger partial charge in [-0.25, -0.2) is 0 Å². The molecule has 0 amide bonds. The average molecular weight is 355 g/mol. The van der Waals surface area contributed by atoms with Crippen molar-refractivity contribution in [3.05, 3.63) is 12.2 Å². The first-order valence-electron chi connectivity index (χ1n) is 10.3. The highest BCUT2D eigenvalue weighted by Gasteiger charge is 2.58. The zero-order chi connectivity index (χ0) is 17.5. The lowest BCUT2D eigenvalue weighted by Gasteiger charge is -2.49. The maximum absolute atomic E-state index is 6.16. The number of rotatable bonds is 7. The number of hydrogen-bond donors (Lipinski definition) is 0. The Morgan fingerprint density at radius 3 is 1.92 bits per heavy atom. The Bertz CT molecular complexity index is 371. The first-order chi connectivity index (χ1) is 11.6. The van der Waals surface area contributed by atoms with Crippen LogP contribution in [0.1, 0.15) is 72.6 Å². The largest absolute Gasteiger partial charge is 0.393 e. The van der Waals surface area contributed by atoms with E-state index in [1.54, 1.807) is 0 Å². The summed E-state index contributed by atoms with van der Waals surface area (Å²) in [5, 5.41) is -0.119. The van der Waals surface area contributed by atoms with Crippen molar-refractivity contribution in [1.82, 2.24) is 0 Å². The third kappa shape index (κ3) is 4.32. The molecule has 1 saturated carbocycles. The fourth-order valence-corrected chi connectivity index (χ4v) is 9.29. The Balaban J connectivity index is 0.000000242. The van der Waals surface area contributed by atoms with E-state index >= 15 is 0 Å². The Labute approximate surface area is 150 Å². The van der Waals surface area contributed by atoms with E-state index < -0.39 is 8.56 Å². The van der Waals surface area contributed by atoms with Gasteiger partial charge in [0.25, 0.3) is 0 Å². The standard InChI is InChI=1S/C13H28O3Si.C7H10/c1-5-13(14-6-2)11-9-10-12-17(13,15-7-3)16-8-4;1-2-7-4-3-6(1)5-7/h5-12H2,1-4H3;1-2,6-7H,3-5H2. The maximum atomic E-state index is 6.16. The minimum absolute atomic E-state index is 0.119. The summed E-state index contributed by atoms with van der Waals surface area (Å²) >= 11 is 0. The van der Waals surface area contributed by atoms with Crippen LogP contribution in [0.15, 0.2) is 12.2 Å². The lowest BCUT2D eigenvalue weighted by atomic mass is 10.1. The van der Waals surface area contributed by atoms with Crippen LogP contribution in [-0.4, -0.2) is 33.6 Å². The van der Waals surface area contributed by atoms with Crippen molar-refractivity contribution in [3.63, 3.8) is 0 Å². The average Bonchev–Trinajstić information content (AvgIpc) is 3.24. The number of ether oxygens (including phenoxy) is 1. The van der Waals surface area contributed by atoms with E-state index in [1.165, 1.54) is 32.1 Å². The van der Waals surface area contributed by atoms with Gasteiger partial charge in [0.2, 0.25) is 0 Å². The van der Waals surface area contributed by atoms with Crippen molar-refractivity contribution in [2.75, 3.05) is 19.8 Å². The van der Waals surface area contributed by atoms with Crippen LogP contribution >= 0.6 is 0 Å². The minimum atomic E-state index is -2.21. The van der Waals surface area contributed by atoms with Crippen molar-refractivity contribution in [1.29, 1.82) is 0 Å². The van der Waals surface area contributed by atoms with E-state index in [9.17, 15) is 0 Å². The van der Waals surface area contributed by atoms with Crippen molar-refractivity contribution in [2.24, 2.45) is 11.8 Å². The second-order valence-corrected chi connectivity index (χ2v) is 10.8. The van der Waals surface area contributed by atoms with E-state index in [4.69, 9.17) is 13.6 Å². The molecule has 1 heterocycles. The van der Waals surface area contributed by atoms with E-state index in [2.05, 4.69) is 39.8 Å². The first kappa shape index (κ1) is 20.2. The summed E-state index contributed by atoms with van der Waals surface area (Å²) < 4.78 is 18.5. The Morgan fingerprint density at radius 2 is 1.54 bits per heavy atom. The molecule has 0 N–H and O–H groups in total. The molecule has 0 radical (unpaired) electrons. The molecule has 3 aliphatic rings. The van der Waals surface area contributed by atoms with Crippen molar-refractivity contribution in [2.45, 2.75) is 83.9 Å². The van der Waals surface area contributed by atoms with E-state index in [0.717, 1.165) is 50.5 Å². The van der Waals surface area contributed by atoms with Crippen molar-refractivity contribution < 1.29 is 13.6 Å². The highest BCUT2D eigenvalue weighted by atomic mass is 28.4. The Morgan fingerprint density at radius 1 is 0.917 bits per heavy atom. The van der Waals surface area contributed by atoms with Gasteiger partial charge in [0, 0.05) is 19.8 Å². The summed E-state index contributed by atoms with van der Waals surface area (Å²) in [5.41, 5.74) is 0. The molecule has 24 heavy (non-hydrogen) atoms. The molecule has 1 saturated heterocycles. The molecule has 0 aromatic heterocycles. The summed E-state index contributed by atoms with van der Waals surface area (Å²) in [5.74, 6) is 1.98. The fraction of sp³-hybridized carbons (Fsp3) is 0.900. The Hall–Kier alpha value is -0.163. The van der Waals surface area contributed by atoms with Gasteiger partial charge in [-0.05, 0) is 70.8 Å². The fourth-order valence-electron chi connectivity index (χ4n) is 4.83. The predicted octanol–water partition coefficient (Wildman–Crippen LogP) is 5.38.